The van der Waals surface area contributed by atoms with Crippen molar-refractivity contribution in [1.29, 1.82) is 0 Å². The molecule has 1 aromatic rings. The Bertz CT molecular complexity index is 450. The zero-order valence-corrected chi connectivity index (χ0v) is 13.5. The fourth-order valence-corrected chi connectivity index (χ4v) is 2.91. The molecular weight excluding hydrogens is 260 g/mol. The summed E-state index contributed by atoms with van der Waals surface area (Å²) in [6.45, 7) is 7.56. The Labute approximate surface area is 128 Å². The van der Waals surface area contributed by atoms with Crippen molar-refractivity contribution in [2.75, 3.05) is 6.54 Å². The van der Waals surface area contributed by atoms with Crippen LogP contribution < -0.4 is 10.6 Å². The lowest BCUT2D eigenvalue weighted by Gasteiger charge is -2.30. The zero-order valence-electron chi connectivity index (χ0n) is 13.5. The van der Waals surface area contributed by atoms with Crippen LogP contribution in [0.2, 0.25) is 0 Å². The molecule has 0 aliphatic carbocycles. The first-order valence-electron chi connectivity index (χ1n) is 8.04. The van der Waals surface area contributed by atoms with Crippen LogP contribution >= 0.6 is 0 Å². The van der Waals surface area contributed by atoms with Crippen molar-refractivity contribution < 1.29 is 4.79 Å². The van der Waals surface area contributed by atoms with Crippen molar-refractivity contribution in [1.82, 2.24) is 10.6 Å². The molecular formula is C18H28N2O. The van der Waals surface area contributed by atoms with E-state index in [2.05, 4.69) is 55.7 Å². The Hall–Kier alpha value is -1.35. The van der Waals surface area contributed by atoms with Gasteiger partial charge in [-0.05, 0) is 36.7 Å². The average Bonchev–Trinajstić information content (AvgIpc) is 2.63. The second-order valence-corrected chi connectivity index (χ2v) is 7.23. The molecule has 2 atom stereocenters. The summed E-state index contributed by atoms with van der Waals surface area (Å²) in [6.07, 6.45) is 4.13. The Kier molecular flexibility index (Phi) is 5.40. The topological polar surface area (TPSA) is 41.1 Å². The summed E-state index contributed by atoms with van der Waals surface area (Å²) in [4.78, 5) is 12.2. The maximum absolute atomic E-state index is 12.2. The van der Waals surface area contributed by atoms with Gasteiger partial charge in [-0.2, -0.15) is 0 Å². The van der Waals surface area contributed by atoms with E-state index >= 15 is 0 Å². The van der Waals surface area contributed by atoms with Crippen molar-refractivity contribution in [3.63, 3.8) is 0 Å². The fourth-order valence-electron chi connectivity index (χ4n) is 2.91. The van der Waals surface area contributed by atoms with Gasteiger partial charge in [0.15, 0.2) is 0 Å². The number of amides is 1. The monoisotopic (exact) mass is 288 g/mol. The molecule has 1 aromatic carbocycles. The van der Waals surface area contributed by atoms with E-state index in [1.165, 1.54) is 5.56 Å². The number of carbonyl (C=O) groups is 1. The first-order chi connectivity index (χ1) is 9.96. The highest BCUT2D eigenvalue weighted by molar-refractivity contribution is 5.81. The maximum atomic E-state index is 12.2. The highest BCUT2D eigenvalue weighted by Crippen LogP contribution is 2.30. The fraction of sp³-hybridized carbons (Fsp3) is 0.611. The van der Waals surface area contributed by atoms with E-state index in [9.17, 15) is 4.79 Å². The number of nitrogens with one attached hydrogen (secondary N) is 2. The van der Waals surface area contributed by atoms with Crippen LogP contribution in [0.4, 0.5) is 0 Å². The van der Waals surface area contributed by atoms with Crippen molar-refractivity contribution in [3.8, 4) is 0 Å². The van der Waals surface area contributed by atoms with Crippen LogP contribution in [0.15, 0.2) is 30.3 Å². The summed E-state index contributed by atoms with van der Waals surface area (Å²) < 4.78 is 0. The molecule has 0 spiro atoms. The van der Waals surface area contributed by atoms with Gasteiger partial charge >= 0.3 is 0 Å². The molecule has 2 N–H and O–H groups in total. The van der Waals surface area contributed by atoms with Crippen LogP contribution in [0, 0.1) is 5.41 Å². The molecule has 0 bridgehead atoms. The predicted octanol–water partition coefficient (Wildman–Crippen LogP) is 3.42. The molecule has 3 nitrogen and oxygen atoms in total. The quantitative estimate of drug-likeness (QED) is 0.891. The minimum absolute atomic E-state index is 0.0694. The van der Waals surface area contributed by atoms with E-state index < -0.39 is 0 Å². The summed E-state index contributed by atoms with van der Waals surface area (Å²) in [6, 6.07) is 10.6. The van der Waals surface area contributed by atoms with Gasteiger partial charge in [0.1, 0.15) is 0 Å². The van der Waals surface area contributed by atoms with Gasteiger partial charge in [-0.1, -0.05) is 51.1 Å². The van der Waals surface area contributed by atoms with E-state index in [0.29, 0.717) is 0 Å². The van der Waals surface area contributed by atoms with Gasteiger partial charge < -0.3 is 5.32 Å². The Balaban J connectivity index is 2.13. The van der Waals surface area contributed by atoms with Crippen molar-refractivity contribution in [2.45, 2.75) is 58.5 Å². The third-order valence-electron chi connectivity index (χ3n) is 3.96. The van der Waals surface area contributed by atoms with Gasteiger partial charge in [0, 0.05) is 12.6 Å². The summed E-state index contributed by atoms with van der Waals surface area (Å²) >= 11 is 0. The first kappa shape index (κ1) is 16.0. The van der Waals surface area contributed by atoms with Gasteiger partial charge in [0.2, 0.25) is 5.91 Å². The molecule has 2 rings (SSSR count). The maximum Gasteiger partial charge on any atom is 0.237 e. The van der Waals surface area contributed by atoms with Gasteiger partial charge in [-0.15, -0.1) is 0 Å². The number of hydrogen-bond acceptors (Lipinski definition) is 2. The summed E-state index contributed by atoms with van der Waals surface area (Å²) in [5.74, 6) is 0.155. The first-order valence-corrected chi connectivity index (χ1v) is 8.04. The van der Waals surface area contributed by atoms with Crippen LogP contribution in [0.5, 0.6) is 0 Å². The minimum Gasteiger partial charge on any atom is -0.355 e. The van der Waals surface area contributed by atoms with E-state index in [1.807, 2.05) is 6.07 Å². The van der Waals surface area contributed by atoms with E-state index in [-0.39, 0.29) is 23.4 Å². The van der Waals surface area contributed by atoms with Gasteiger partial charge in [-0.25, -0.2) is 0 Å². The molecule has 1 aliphatic rings. The Morgan fingerprint density at radius 3 is 2.62 bits per heavy atom. The highest BCUT2D eigenvalue weighted by Gasteiger charge is 2.27. The minimum atomic E-state index is -0.0694. The summed E-state index contributed by atoms with van der Waals surface area (Å²) in [5, 5.41) is 6.62. The molecule has 1 aliphatic heterocycles. The highest BCUT2D eigenvalue weighted by atomic mass is 16.2. The number of hydrogen-bond donors (Lipinski definition) is 2. The van der Waals surface area contributed by atoms with Gasteiger partial charge in [0.25, 0.3) is 0 Å². The lowest BCUT2D eigenvalue weighted by molar-refractivity contribution is -0.123. The van der Waals surface area contributed by atoms with E-state index in [0.717, 1.165) is 32.2 Å². The smallest absolute Gasteiger partial charge is 0.237 e. The van der Waals surface area contributed by atoms with Crippen molar-refractivity contribution in [2.24, 2.45) is 5.41 Å². The number of rotatable bonds is 4. The standard InChI is InChI=1S/C18H28N2O/c1-18(2,3)13-16(14-9-5-4-6-10-14)20-15-11-7-8-12-19-17(15)21/h4-6,9-10,15-16,20H,7-8,11-13H2,1-3H3,(H,19,21). The van der Waals surface area contributed by atoms with Crippen LogP contribution in [0.3, 0.4) is 0 Å². The van der Waals surface area contributed by atoms with Crippen LogP contribution in [-0.4, -0.2) is 18.5 Å². The molecule has 0 aromatic heterocycles. The Morgan fingerprint density at radius 1 is 1.24 bits per heavy atom. The SMILES string of the molecule is CC(C)(C)CC(NC1CCCCNC1=O)c1ccccc1. The van der Waals surface area contributed by atoms with E-state index in [1.54, 1.807) is 0 Å². The Morgan fingerprint density at radius 2 is 1.95 bits per heavy atom. The second-order valence-electron chi connectivity index (χ2n) is 7.23. The molecule has 1 heterocycles. The molecule has 0 saturated carbocycles. The average molecular weight is 288 g/mol. The second kappa shape index (κ2) is 7.08. The molecule has 1 amide bonds. The molecule has 3 heteroatoms. The summed E-state index contributed by atoms with van der Waals surface area (Å²) in [7, 11) is 0. The third kappa shape index (κ3) is 5.16. The molecule has 21 heavy (non-hydrogen) atoms. The normalized spacial score (nSPS) is 21.5. The predicted molar refractivity (Wildman–Crippen MR) is 87.0 cm³/mol. The van der Waals surface area contributed by atoms with Crippen LogP contribution in [-0.2, 0) is 4.79 Å². The van der Waals surface area contributed by atoms with Gasteiger partial charge in [-0.3, -0.25) is 10.1 Å². The number of carbonyl (C=O) groups excluding carboxylic acids is 1. The van der Waals surface area contributed by atoms with Gasteiger partial charge in [0.05, 0.1) is 6.04 Å². The van der Waals surface area contributed by atoms with Crippen molar-refractivity contribution in [3.05, 3.63) is 35.9 Å². The molecule has 0 radical (unpaired) electrons. The van der Waals surface area contributed by atoms with E-state index in [4.69, 9.17) is 0 Å². The van der Waals surface area contributed by atoms with Crippen molar-refractivity contribution >= 4 is 5.91 Å². The molecule has 1 fully saturated rings. The third-order valence-corrected chi connectivity index (χ3v) is 3.96. The lowest BCUT2D eigenvalue weighted by Crippen LogP contribution is -2.45. The number of benzene rings is 1. The summed E-state index contributed by atoms with van der Waals surface area (Å²) in [5.41, 5.74) is 1.49. The van der Waals surface area contributed by atoms with Crippen LogP contribution in [0.1, 0.15) is 58.1 Å². The largest absolute Gasteiger partial charge is 0.355 e. The molecule has 1 saturated heterocycles. The molecule has 2 unspecified atom stereocenters. The zero-order chi connectivity index (χ0) is 15.3. The molecule has 116 valence electrons. The van der Waals surface area contributed by atoms with Crippen LogP contribution in [0.25, 0.3) is 0 Å². The lowest BCUT2D eigenvalue weighted by atomic mass is 9.85.